The highest BCUT2D eigenvalue weighted by Crippen LogP contribution is 2.22. The van der Waals surface area contributed by atoms with Crippen molar-refractivity contribution in [1.82, 2.24) is 26.2 Å². The molecule has 2 aliphatic rings. The van der Waals surface area contributed by atoms with Crippen LogP contribution < -0.4 is 21.3 Å². The number of hydrogen-bond acceptors (Lipinski definition) is 12. The summed E-state index contributed by atoms with van der Waals surface area (Å²) in [6, 6.07) is 11.4. The molecule has 0 aliphatic carbocycles. The summed E-state index contributed by atoms with van der Waals surface area (Å²) in [6.07, 6.45) is -9.30. The van der Waals surface area contributed by atoms with E-state index in [2.05, 4.69) is 21.3 Å². The number of phenolic OH excluding ortho intramolecular Hbond substituents is 1. The molecule has 9 N–H and O–H groups in total. The number of cyclic esters (lactones) is 1. The lowest BCUT2D eigenvalue weighted by Crippen LogP contribution is -2.58. The molecule has 2 aromatic rings. The lowest BCUT2D eigenvalue weighted by molar-refractivity contribution is -0.161. The van der Waals surface area contributed by atoms with E-state index in [4.69, 9.17) is 4.74 Å². The summed E-state index contributed by atoms with van der Waals surface area (Å²) in [5, 5.41) is 63.5. The number of rotatable bonds is 6. The fourth-order valence-electron chi connectivity index (χ4n) is 5.81. The van der Waals surface area contributed by atoms with Crippen molar-refractivity contribution in [3.63, 3.8) is 0 Å². The van der Waals surface area contributed by atoms with Gasteiger partial charge in [-0.3, -0.25) is 24.5 Å². The van der Waals surface area contributed by atoms with Crippen LogP contribution in [0.15, 0.2) is 54.6 Å². The number of carbonyl (C=O) groups is 5. The molecule has 0 saturated carbocycles. The summed E-state index contributed by atoms with van der Waals surface area (Å²) in [5.41, 5.74) is 1.31. The van der Waals surface area contributed by atoms with Crippen LogP contribution in [0.5, 0.6) is 5.75 Å². The van der Waals surface area contributed by atoms with Gasteiger partial charge in [0.25, 0.3) is 0 Å². The second-order valence-electron chi connectivity index (χ2n) is 12.9. The minimum Gasteiger partial charge on any atom is -0.508 e. The third-order valence-electron chi connectivity index (χ3n) is 8.48. The zero-order valence-corrected chi connectivity index (χ0v) is 27.8. The van der Waals surface area contributed by atoms with Gasteiger partial charge in [0.05, 0.1) is 12.6 Å². The van der Waals surface area contributed by atoms with Crippen molar-refractivity contribution in [2.45, 2.75) is 81.8 Å². The molecule has 0 spiro atoms. The number of aliphatic hydroxyl groups is 4. The van der Waals surface area contributed by atoms with Crippen LogP contribution in [0.1, 0.15) is 31.4 Å². The molecule has 272 valence electrons. The number of aromatic hydroxyl groups is 1. The van der Waals surface area contributed by atoms with E-state index in [0.717, 1.165) is 4.90 Å². The normalized spacial score (nSPS) is 29.2. The van der Waals surface area contributed by atoms with Gasteiger partial charge in [0.2, 0.25) is 23.6 Å². The molecule has 4 amide bonds. The van der Waals surface area contributed by atoms with Crippen LogP contribution in [0, 0.1) is 5.92 Å². The molecule has 0 bridgehead atoms. The molecule has 16 nitrogen and oxygen atoms in total. The van der Waals surface area contributed by atoms with Crippen molar-refractivity contribution in [3.8, 4) is 5.75 Å². The minimum atomic E-state index is -2.11. The number of nitrogens with one attached hydrogen (secondary N) is 4. The van der Waals surface area contributed by atoms with E-state index in [9.17, 15) is 49.5 Å². The standard InChI is InChI=1S/C34H45N5O11/c1-18(2)12-24-34(49)50-17-25(41)28(44)29(45)30(46)31-37-23(14-20-8-10-21(40)11-9-20)33(48)39(31)16-27(43)35-15-26(42)36-22(32(47)38-24)13-19-6-4-3-5-7-19/h3-11,18,22-25,28-31,37,40-41,44-46H,12-17H2,1-2H3,(H,35,43)(H,36,42)(H,38,47)/t22-,23?,24-,25+,28+,29+,30-,31?/m0/s1. The van der Waals surface area contributed by atoms with Gasteiger partial charge in [0, 0.05) is 6.42 Å². The summed E-state index contributed by atoms with van der Waals surface area (Å²) in [4.78, 5) is 67.2. The van der Waals surface area contributed by atoms with Crippen LogP contribution >= 0.6 is 0 Å². The van der Waals surface area contributed by atoms with Gasteiger partial charge >= 0.3 is 5.97 Å². The second kappa shape index (κ2) is 17.4. The van der Waals surface area contributed by atoms with Crippen LogP contribution in [0.2, 0.25) is 0 Å². The van der Waals surface area contributed by atoms with Crippen LogP contribution in [0.25, 0.3) is 0 Å². The fraction of sp³-hybridized carbons (Fsp3) is 0.500. The van der Waals surface area contributed by atoms with E-state index >= 15 is 0 Å². The Kier molecular flexibility index (Phi) is 13.3. The molecule has 2 aromatic carbocycles. The first-order chi connectivity index (χ1) is 23.7. The monoisotopic (exact) mass is 699 g/mol. The number of benzene rings is 2. The molecule has 2 aliphatic heterocycles. The maximum Gasteiger partial charge on any atom is 0.328 e. The van der Waals surface area contributed by atoms with Gasteiger partial charge in [-0.25, -0.2) is 4.79 Å². The summed E-state index contributed by atoms with van der Waals surface area (Å²) in [7, 11) is 0. The SMILES string of the molecule is CC(C)C[C@@H]1NC(=O)[C@H](Cc2ccccc2)NC(=O)CNC(=O)CN2C(=O)C(Cc3ccc(O)cc3)NC2[C@@H](O)[C@H](O)[C@H](O)[C@H](O)COC1=O. The van der Waals surface area contributed by atoms with Crippen molar-refractivity contribution in [2.24, 2.45) is 5.92 Å². The van der Waals surface area contributed by atoms with E-state index in [0.29, 0.717) is 11.1 Å². The van der Waals surface area contributed by atoms with Crippen molar-refractivity contribution < 1.29 is 54.2 Å². The quantitative estimate of drug-likeness (QED) is 0.141. The summed E-state index contributed by atoms with van der Waals surface area (Å²) in [5.74, 6) is -3.99. The Morgan fingerprint density at radius 1 is 0.780 bits per heavy atom. The number of esters is 1. The van der Waals surface area contributed by atoms with Gasteiger partial charge in [0.15, 0.2) is 0 Å². The van der Waals surface area contributed by atoms with Crippen LogP contribution in [-0.4, -0.2) is 128 Å². The van der Waals surface area contributed by atoms with E-state index in [1.807, 2.05) is 0 Å². The Morgan fingerprint density at radius 3 is 2.08 bits per heavy atom. The topological polar surface area (TPSA) is 247 Å². The van der Waals surface area contributed by atoms with Gasteiger partial charge in [-0.15, -0.1) is 0 Å². The zero-order chi connectivity index (χ0) is 36.5. The van der Waals surface area contributed by atoms with E-state index in [-0.39, 0.29) is 30.9 Å². The largest absolute Gasteiger partial charge is 0.508 e. The molecule has 8 atom stereocenters. The number of ether oxygens (including phenoxy) is 1. The molecule has 0 radical (unpaired) electrons. The first kappa shape index (κ1) is 38.2. The van der Waals surface area contributed by atoms with Gasteiger partial charge < -0.3 is 51.1 Å². The van der Waals surface area contributed by atoms with Crippen LogP contribution in [0.3, 0.4) is 0 Å². The van der Waals surface area contributed by atoms with Gasteiger partial charge in [-0.1, -0.05) is 56.3 Å². The number of fused-ring (bicyclic) bond motifs is 1. The number of nitrogens with zero attached hydrogens (tertiary/aromatic N) is 1. The van der Waals surface area contributed by atoms with E-state index in [1.165, 1.54) is 12.1 Å². The van der Waals surface area contributed by atoms with Crippen LogP contribution in [0.4, 0.5) is 0 Å². The number of amides is 4. The van der Waals surface area contributed by atoms with Crippen molar-refractivity contribution in [2.75, 3.05) is 19.7 Å². The van der Waals surface area contributed by atoms with E-state index in [1.54, 1.807) is 56.3 Å². The maximum absolute atomic E-state index is 13.5. The molecule has 4 rings (SSSR count). The molecule has 0 aromatic heterocycles. The number of carbonyl (C=O) groups excluding carboxylic acids is 5. The van der Waals surface area contributed by atoms with Crippen molar-refractivity contribution in [3.05, 3.63) is 65.7 Å². The number of hydrogen-bond donors (Lipinski definition) is 9. The Bertz CT molecular complexity index is 1490. The third kappa shape index (κ3) is 10.2. The minimum absolute atomic E-state index is 0.00452. The molecule has 50 heavy (non-hydrogen) atoms. The van der Waals surface area contributed by atoms with Crippen LogP contribution in [-0.2, 0) is 41.6 Å². The molecule has 2 unspecified atom stereocenters. The highest BCUT2D eigenvalue weighted by molar-refractivity contribution is 5.93. The predicted molar refractivity (Wildman–Crippen MR) is 176 cm³/mol. The Hall–Kier alpha value is -4.61. The fourth-order valence-corrected chi connectivity index (χ4v) is 5.81. The molecular weight excluding hydrogens is 654 g/mol. The summed E-state index contributed by atoms with van der Waals surface area (Å²) < 4.78 is 5.22. The molecule has 2 fully saturated rings. The average Bonchev–Trinajstić information content (AvgIpc) is 3.38. The lowest BCUT2D eigenvalue weighted by Gasteiger charge is -2.33. The molecule has 2 saturated heterocycles. The second-order valence-corrected chi connectivity index (χ2v) is 12.9. The lowest BCUT2D eigenvalue weighted by atomic mass is 10.0. The summed E-state index contributed by atoms with van der Waals surface area (Å²) >= 11 is 0. The third-order valence-corrected chi connectivity index (χ3v) is 8.48. The highest BCUT2D eigenvalue weighted by atomic mass is 16.5. The Morgan fingerprint density at radius 2 is 1.42 bits per heavy atom. The maximum atomic E-state index is 13.5. The Labute approximate surface area is 288 Å². The first-order valence-corrected chi connectivity index (χ1v) is 16.4. The van der Waals surface area contributed by atoms with Gasteiger partial charge in [-0.05, 0) is 42.0 Å². The van der Waals surface area contributed by atoms with E-state index < -0.39 is 98.0 Å². The molecule has 2 heterocycles. The molecule has 16 heteroatoms. The Balaban J connectivity index is 1.61. The smallest absolute Gasteiger partial charge is 0.328 e. The summed E-state index contributed by atoms with van der Waals surface area (Å²) in [6.45, 7) is 1.50. The molecular formula is C34H45N5O11. The number of aliphatic hydroxyl groups excluding tert-OH is 4. The number of phenols is 1. The van der Waals surface area contributed by atoms with Gasteiger partial charge in [-0.2, -0.15) is 0 Å². The average molecular weight is 700 g/mol. The first-order valence-electron chi connectivity index (χ1n) is 16.4. The predicted octanol–water partition coefficient (Wildman–Crippen LogP) is -2.56. The van der Waals surface area contributed by atoms with Crippen molar-refractivity contribution in [1.29, 1.82) is 0 Å². The highest BCUT2D eigenvalue weighted by Gasteiger charge is 2.47. The van der Waals surface area contributed by atoms with Gasteiger partial charge in [0.1, 0.15) is 61.6 Å². The van der Waals surface area contributed by atoms with Crippen molar-refractivity contribution >= 4 is 29.6 Å². The zero-order valence-electron chi connectivity index (χ0n) is 27.8.